The molecule has 0 aliphatic heterocycles. The number of aromatic nitrogens is 1. The maximum atomic E-state index is 11.0. The second kappa shape index (κ2) is 4.44. The van der Waals surface area contributed by atoms with Crippen LogP contribution in [0.2, 0.25) is 10.0 Å². The van der Waals surface area contributed by atoms with Crippen molar-refractivity contribution in [3.8, 4) is 0 Å². The van der Waals surface area contributed by atoms with E-state index in [4.69, 9.17) is 33.4 Å². The monoisotopic (exact) mass is 285 g/mol. The summed E-state index contributed by atoms with van der Waals surface area (Å²) in [5.41, 5.74) is -0.659. The van der Waals surface area contributed by atoms with Crippen LogP contribution < -0.4 is 0 Å². The number of carboxylic acids is 2. The molecule has 2 N–H and O–H groups in total. The molecule has 0 atom stereocenters. The molecule has 2 rings (SSSR count). The van der Waals surface area contributed by atoms with Crippen LogP contribution in [0, 0.1) is 0 Å². The maximum Gasteiger partial charge on any atom is 0.355 e. The van der Waals surface area contributed by atoms with Gasteiger partial charge >= 0.3 is 11.9 Å². The van der Waals surface area contributed by atoms with Crippen LogP contribution in [0.25, 0.3) is 10.9 Å². The summed E-state index contributed by atoms with van der Waals surface area (Å²) in [5.74, 6) is -2.78. The number of hydrogen-bond donors (Lipinski definition) is 2. The fourth-order valence-electron chi connectivity index (χ4n) is 1.49. The lowest BCUT2D eigenvalue weighted by Crippen LogP contribution is -2.10. The van der Waals surface area contributed by atoms with E-state index >= 15 is 0 Å². The molecule has 1 aromatic carbocycles. The minimum atomic E-state index is -1.42. The van der Waals surface area contributed by atoms with Crippen molar-refractivity contribution in [1.82, 2.24) is 4.98 Å². The Bertz CT molecular complexity index is 626. The fraction of sp³-hybridized carbons (Fsp3) is 0. The lowest BCUT2D eigenvalue weighted by Gasteiger charge is -2.05. The van der Waals surface area contributed by atoms with Gasteiger partial charge in [0.25, 0.3) is 0 Å². The summed E-state index contributed by atoms with van der Waals surface area (Å²) in [7, 11) is 0. The van der Waals surface area contributed by atoms with Crippen molar-refractivity contribution >= 4 is 46.0 Å². The first-order valence-corrected chi connectivity index (χ1v) is 5.42. The molecule has 2 aromatic rings. The molecule has 0 aliphatic rings. The van der Waals surface area contributed by atoms with Crippen molar-refractivity contribution in [2.45, 2.75) is 0 Å². The number of halogens is 2. The van der Waals surface area contributed by atoms with Gasteiger partial charge in [-0.05, 0) is 18.2 Å². The molecule has 1 aromatic heterocycles. The number of carboxylic acid groups (broad SMARTS) is 2. The normalized spacial score (nSPS) is 10.6. The van der Waals surface area contributed by atoms with Crippen LogP contribution in [0.15, 0.2) is 18.2 Å². The highest BCUT2D eigenvalue weighted by Crippen LogP contribution is 2.28. The Morgan fingerprint density at radius 3 is 2.17 bits per heavy atom. The van der Waals surface area contributed by atoms with Gasteiger partial charge in [0.2, 0.25) is 0 Å². The van der Waals surface area contributed by atoms with Crippen molar-refractivity contribution in [2.24, 2.45) is 0 Å². The Hall–Kier alpha value is -1.85. The number of nitrogens with zero attached hydrogens (tertiary/aromatic N) is 1. The Balaban J connectivity index is 2.84. The number of benzene rings is 1. The van der Waals surface area contributed by atoms with E-state index < -0.39 is 23.2 Å². The standard InChI is InChI=1S/C11H5Cl2NO4/c12-6-2-4-1-5(10(15)16)9(11(17)18)14-8(4)3-7(6)13/h1-3H,(H,15,16)(H,17,18). The summed E-state index contributed by atoms with van der Waals surface area (Å²) >= 11 is 11.6. The zero-order chi connectivity index (χ0) is 13.4. The summed E-state index contributed by atoms with van der Waals surface area (Å²) in [5, 5.41) is 18.7. The van der Waals surface area contributed by atoms with E-state index in [1.807, 2.05) is 0 Å². The molecule has 1 heterocycles. The van der Waals surface area contributed by atoms with Gasteiger partial charge in [-0.15, -0.1) is 0 Å². The first-order chi connectivity index (χ1) is 8.40. The number of carbonyl (C=O) groups is 2. The summed E-state index contributed by atoms with van der Waals surface area (Å²) in [6.45, 7) is 0. The predicted molar refractivity (Wildman–Crippen MR) is 65.7 cm³/mol. The molecule has 0 aliphatic carbocycles. The van der Waals surface area contributed by atoms with Crippen LogP contribution in [-0.4, -0.2) is 27.1 Å². The largest absolute Gasteiger partial charge is 0.478 e. The lowest BCUT2D eigenvalue weighted by molar-refractivity contribution is 0.0647. The second-order valence-electron chi connectivity index (χ2n) is 3.45. The highest BCUT2D eigenvalue weighted by atomic mass is 35.5. The molecule has 92 valence electrons. The maximum absolute atomic E-state index is 11.0. The number of aromatic carboxylic acids is 2. The van der Waals surface area contributed by atoms with Gasteiger partial charge in [0, 0.05) is 5.39 Å². The summed E-state index contributed by atoms with van der Waals surface area (Å²) < 4.78 is 0. The minimum Gasteiger partial charge on any atom is -0.478 e. The minimum absolute atomic E-state index is 0.219. The fourth-order valence-corrected chi connectivity index (χ4v) is 1.82. The first kappa shape index (κ1) is 12.6. The zero-order valence-corrected chi connectivity index (χ0v) is 10.2. The molecule has 0 amide bonds. The Morgan fingerprint density at radius 1 is 1.00 bits per heavy atom. The van der Waals surface area contributed by atoms with E-state index in [9.17, 15) is 9.59 Å². The number of pyridine rings is 1. The molecule has 0 radical (unpaired) electrons. The summed E-state index contributed by atoms with van der Waals surface area (Å²) in [6, 6.07) is 4.03. The zero-order valence-electron chi connectivity index (χ0n) is 8.65. The van der Waals surface area contributed by atoms with Crippen LogP contribution in [-0.2, 0) is 0 Å². The van der Waals surface area contributed by atoms with Crippen molar-refractivity contribution < 1.29 is 19.8 Å². The summed E-state index contributed by atoms with van der Waals surface area (Å²) in [6.07, 6.45) is 0. The van der Waals surface area contributed by atoms with Crippen molar-refractivity contribution in [3.05, 3.63) is 39.5 Å². The topological polar surface area (TPSA) is 87.5 Å². The Morgan fingerprint density at radius 2 is 1.61 bits per heavy atom. The van der Waals surface area contributed by atoms with E-state index in [0.29, 0.717) is 5.39 Å². The number of fused-ring (bicyclic) bond motifs is 1. The molecular formula is C11H5Cl2NO4. The highest BCUT2D eigenvalue weighted by Gasteiger charge is 2.19. The second-order valence-corrected chi connectivity index (χ2v) is 4.27. The van der Waals surface area contributed by atoms with Gasteiger partial charge < -0.3 is 10.2 Å². The average molecular weight is 286 g/mol. The van der Waals surface area contributed by atoms with Gasteiger partial charge in [-0.1, -0.05) is 23.2 Å². The first-order valence-electron chi connectivity index (χ1n) is 4.66. The molecule has 18 heavy (non-hydrogen) atoms. The Labute approximate surface area is 111 Å². The number of hydrogen-bond acceptors (Lipinski definition) is 3. The smallest absolute Gasteiger partial charge is 0.355 e. The van der Waals surface area contributed by atoms with Crippen LogP contribution in [0.4, 0.5) is 0 Å². The van der Waals surface area contributed by atoms with Gasteiger partial charge in [-0.2, -0.15) is 0 Å². The number of rotatable bonds is 2. The van der Waals surface area contributed by atoms with E-state index in [1.54, 1.807) is 0 Å². The van der Waals surface area contributed by atoms with Gasteiger partial charge in [0.05, 0.1) is 21.1 Å². The van der Waals surface area contributed by atoms with Crippen LogP contribution >= 0.6 is 23.2 Å². The van der Waals surface area contributed by atoms with Gasteiger partial charge in [-0.25, -0.2) is 14.6 Å². The highest BCUT2D eigenvalue weighted by molar-refractivity contribution is 6.42. The van der Waals surface area contributed by atoms with Crippen molar-refractivity contribution in [3.63, 3.8) is 0 Å². The molecule has 0 saturated carbocycles. The third kappa shape index (κ3) is 2.10. The molecule has 0 saturated heterocycles. The third-order valence-corrected chi connectivity index (χ3v) is 3.01. The van der Waals surface area contributed by atoms with Gasteiger partial charge in [-0.3, -0.25) is 0 Å². The average Bonchev–Trinajstić information content (AvgIpc) is 2.28. The molecule has 0 fully saturated rings. The van der Waals surface area contributed by atoms with Crippen LogP contribution in [0.3, 0.4) is 0 Å². The molecule has 0 spiro atoms. The molecule has 0 bridgehead atoms. The van der Waals surface area contributed by atoms with Crippen LogP contribution in [0.5, 0.6) is 0 Å². The molecule has 0 unspecified atom stereocenters. The quantitative estimate of drug-likeness (QED) is 0.886. The van der Waals surface area contributed by atoms with E-state index in [0.717, 1.165) is 0 Å². The van der Waals surface area contributed by atoms with Crippen LogP contribution in [0.1, 0.15) is 20.8 Å². The summed E-state index contributed by atoms with van der Waals surface area (Å²) in [4.78, 5) is 25.7. The SMILES string of the molecule is O=C(O)c1cc2cc(Cl)c(Cl)cc2nc1C(=O)O. The van der Waals surface area contributed by atoms with E-state index in [-0.39, 0.29) is 15.6 Å². The third-order valence-electron chi connectivity index (χ3n) is 2.29. The molecule has 7 heteroatoms. The van der Waals surface area contributed by atoms with E-state index in [1.165, 1.54) is 18.2 Å². The lowest BCUT2D eigenvalue weighted by atomic mass is 10.1. The van der Waals surface area contributed by atoms with Gasteiger partial charge in [0.15, 0.2) is 5.69 Å². The Kier molecular flexibility index (Phi) is 3.11. The van der Waals surface area contributed by atoms with Gasteiger partial charge in [0.1, 0.15) is 0 Å². The molecule has 5 nitrogen and oxygen atoms in total. The van der Waals surface area contributed by atoms with Crippen molar-refractivity contribution in [2.75, 3.05) is 0 Å². The predicted octanol–water partition coefficient (Wildman–Crippen LogP) is 2.94. The molecular weight excluding hydrogens is 281 g/mol. The van der Waals surface area contributed by atoms with Crippen molar-refractivity contribution in [1.29, 1.82) is 0 Å². The van der Waals surface area contributed by atoms with E-state index in [2.05, 4.69) is 4.98 Å².